The van der Waals surface area contributed by atoms with Crippen LogP contribution in [-0.4, -0.2) is 52.7 Å². The molecular formula is C18H24BrN3O4. The summed E-state index contributed by atoms with van der Waals surface area (Å²) in [5, 5.41) is 0.690. The Hall–Kier alpha value is -1.96. The topological polar surface area (TPSA) is 67.9 Å². The number of ether oxygens (including phenoxy) is 1. The fraction of sp³-hybridized carbons (Fsp3) is 0.556. The lowest BCUT2D eigenvalue weighted by Crippen LogP contribution is -2.50. The van der Waals surface area contributed by atoms with Crippen LogP contribution in [0.3, 0.4) is 0 Å². The summed E-state index contributed by atoms with van der Waals surface area (Å²) in [5.41, 5.74) is 1.88. The molecule has 0 atom stereocenters. The predicted molar refractivity (Wildman–Crippen MR) is 104 cm³/mol. The smallest absolute Gasteiger partial charge is 0.419 e. The Morgan fingerprint density at radius 1 is 1.23 bits per heavy atom. The molecule has 3 rings (SSSR count). The molecule has 1 aromatic heterocycles. The lowest BCUT2D eigenvalue weighted by atomic mass is 10.2. The van der Waals surface area contributed by atoms with Crippen molar-refractivity contribution in [2.45, 2.75) is 32.9 Å². The van der Waals surface area contributed by atoms with Crippen LogP contribution in [0.25, 0.3) is 11.1 Å². The van der Waals surface area contributed by atoms with E-state index in [1.807, 2.05) is 39.0 Å². The largest absolute Gasteiger partial charge is 0.444 e. The summed E-state index contributed by atoms with van der Waals surface area (Å²) in [6.45, 7) is 8.78. The minimum absolute atomic E-state index is 0.273. The maximum atomic E-state index is 12.2. The molecule has 2 aromatic rings. The quantitative estimate of drug-likeness (QED) is 0.706. The number of aryl methyl sites for hydroxylation is 1. The van der Waals surface area contributed by atoms with Crippen molar-refractivity contribution in [1.82, 2.24) is 9.47 Å². The van der Waals surface area contributed by atoms with Gasteiger partial charge in [-0.3, -0.25) is 4.57 Å². The molecule has 0 radical (unpaired) electrons. The van der Waals surface area contributed by atoms with Crippen molar-refractivity contribution in [3.05, 3.63) is 28.7 Å². The van der Waals surface area contributed by atoms with Gasteiger partial charge in [-0.25, -0.2) is 9.59 Å². The van der Waals surface area contributed by atoms with Crippen LogP contribution < -0.4 is 10.7 Å². The number of benzene rings is 1. The van der Waals surface area contributed by atoms with Gasteiger partial charge < -0.3 is 19.0 Å². The standard InChI is InChI=1S/C18H24BrN3O4/c1-18(2,3)26-16(23)21-10-8-20(9-11-21)13-4-5-14-15(12-13)25-17(24)22(14)7-6-19/h4-5,12H,6-11H2,1-3H3. The number of anilines is 1. The molecule has 2 heterocycles. The minimum Gasteiger partial charge on any atom is -0.444 e. The van der Waals surface area contributed by atoms with Gasteiger partial charge in [0.25, 0.3) is 0 Å². The maximum Gasteiger partial charge on any atom is 0.419 e. The number of nitrogens with zero attached hydrogens (tertiary/aromatic N) is 3. The molecule has 0 unspecified atom stereocenters. The average molecular weight is 426 g/mol. The molecule has 1 aliphatic heterocycles. The molecule has 1 saturated heterocycles. The molecule has 8 heteroatoms. The van der Waals surface area contributed by atoms with Gasteiger partial charge in [-0.15, -0.1) is 0 Å². The van der Waals surface area contributed by atoms with Crippen LogP contribution in [0.15, 0.2) is 27.4 Å². The van der Waals surface area contributed by atoms with Crippen LogP contribution in [0.1, 0.15) is 20.8 Å². The summed E-state index contributed by atoms with van der Waals surface area (Å²) in [5.74, 6) is -0.341. The van der Waals surface area contributed by atoms with Gasteiger partial charge >= 0.3 is 11.8 Å². The average Bonchev–Trinajstić information content (AvgIpc) is 2.89. The number of halogens is 1. The Labute approximate surface area is 160 Å². The second-order valence-electron chi connectivity index (χ2n) is 7.32. The maximum absolute atomic E-state index is 12.2. The number of fused-ring (bicyclic) bond motifs is 1. The summed E-state index contributed by atoms with van der Waals surface area (Å²) in [6, 6.07) is 5.80. The summed E-state index contributed by atoms with van der Waals surface area (Å²) >= 11 is 3.35. The van der Waals surface area contributed by atoms with E-state index in [-0.39, 0.29) is 11.8 Å². The number of amides is 1. The highest BCUT2D eigenvalue weighted by molar-refractivity contribution is 9.09. The fourth-order valence-electron chi connectivity index (χ4n) is 3.02. The van der Waals surface area contributed by atoms with Gasteiger partial charge in [0.15, 0.2) is 5.58 Å². The van der Waals surface area contributed by atoms with E-state index in [9.17, 15) is 9.59 Å². The van der Waals surface area contributed by atoms with Crippen LogP contribution in [0, 0.1) is 0 Å². The van der Waals surface area contributed by atoms with Crippen LogP contribution in [0.5, 0.6) is 0 Å². The van der Waals surface area contributed by atoms with Crippen molar-refractivity contribution < 1.29 is 13.9 Å². The van der Waals surface area contributed by atoms with Crippen LogP contribution in [0.2, 0.25) is 0 Å². The van der Waals surface area contributed by atoms with Crippen LogP contribution in [0.4, 0.5) is 10.5 Å². The molecule has 0 aliphatic carbocycles. The van der Waals surface area contributed by atoms with E-state index < -0.39 is 5.60 Å². The first-order valence-electron chi connectivity index (χ1n) is 8.71. The molecule has 142 valence electrons. The molecule has 1 fully saturated rings. The van der Waals surface area contributed by atoms with Crippen molar-refractivity contribution in [2.24, 2.45) is 0 Å². The van der Waals surface area contributed by atoms with E-state index in [1.54, 1.807) is 9.47 Å². The van der Waals surface area contributed by atoms with Gasteiger partial charge in [0.2, 0.25) is 0 Å². The molecule has 7 nitrogen and oxygen atoms in total. The van der Waals surface area contributed by atoms with E-state index >= 15 is 0 Å². The first kappa shape index (κ1) is 18.8. The normalized spacial score (nSPS) is 15.5. The number of aromatic nitrogens is 1. The molecule has 1 aliphatic rings. The first-order chi connectivity index (χ1) is 12.3. The van der Waals surface area contributed by atoms with E-state index in [2.05, 4.69) is 20.8 Å². The Morgan fingerprint density at radius 2 is 1.92 bits per heavy atom. The van der Waals surface area contributed by atoms with E-state index in [4.69, 9.17) is 9.15 Å². The minimum atomic E-state index is -0.487. The van der Waals surface area contributed by atoms with E-state index in [0.29, 0.717) is 43.6 Å². The van der Waals surface area contributed by atoms with Crippen molar-refractivity contribution in [3.8, 4) is 0 Å². The fourth-order valence-corrected chi connectivity index (χ4v) is 3.38. The van der Waals surface area contributed by atoms with E-state index in [0.717, 1.165) is 11.2 Å². The second kappa shape index (κ2) is 7.34. The summed E-state index contributed by atoms with van der Waals surface area (Å²) < 4.78 is 12.4. The molecule has 0 spiro atoms. The molecular weight excluding hydrogens is 402 g/mol. The third kappa shape index (κ3) is 4.06. The van der Waals surface area contributed by atoms with E-state index in [1.165, 1.54) is 0 Å². The van der Waals surface area contributed by atoms with Gasteiger partial charge in [0.05, 0.1) is 5.52 Å². The van der Waals surface area contributed by atoms with Gasteiger partial charge in [0, 0.05) is 49.8 Å². The number of hydrogen-bond donors (Lipinski definition) is 0. The zero-order chi connectivity index (χ0) is 18.9. The first-order valence-corrected chi connectivity index (χ1v) is 9.83. The molecule has 1 amide bonds. The number of carbonyl (C=O) groups excluding carboxylic acids is 1. The highest BCUT2D eigenvalue weighted by Gasteiger charge is 2.26. The molecule has 0 saturated carbocycles. The Kier molecular flexibility index (Phi) is 5.32. The Morgan fingerprint density at radius 3 is 2.54 bits per heavy atom. The number of piperazine rings is 1. The van der Waals surface area contributed by atoms with Crippen molar-refractivity contribution in [3.63, 3.8) is 0 Å². The number of oxazole rings is 1. The zero-order valence-corrected chi connectivity index (χ0v) is 16.9. The third-order valence-corrected chi connectivity index (χ3v) is 4.61. The zero-order valence-electron chi connectivity index (χ0n) is 15.3. The lowest BCUT2D eigenvalue weighted by Gasteiger charge is -2.36. The second-order valence-corrected chi connectivity index (χ2v) is 8.11. The summed E-state index contributed by atoms with van der Waals surface area (Å²) in [4.78, 5) is 28.0. The lowest BCUT2D eigenvalue weighted by molar-refractivity contribution is 0.0240. The molecule has 0 N–H and O–H groups in total. The summed E-state index contributed by atoms with van der Waals surface area (Å²) in [6.07, 6.45) is -0.273. The number of carbonyl (C=O) groups is 1. The summed E-state index contributed by atoms with van der Waals surface area (Å²) in [7, 11) is 0. The van der Waals surface area contributed by atoms with Crippen molar-refractivity contribution >= 4 is 38.8 Å². The number of hydrogen-bond acceptors (Lipinski definition) is 5. The van der Waals surface area contributed by atoms with Crippen molar-refractivity contribution in [1.29, 1.82) is 0 Å². The number of rotatable bonds is 3. The molecule has 26 heavy (non-hydrogen) atoms. The van der Waals surface area contributed by atoms with Gasteiger partial charge in [0.1, 0.15) is 5.60 Å². The third-order valence-electron chi connectivity index (χ3n) is 4.26. The van der Waals surface area contributed by atoms with Gasteiger partial charge in [-0.05, 0) is 32.9 Å². The SMILES string of the molecule is CC(C)(C)OC(=O)N1CCN(c2ccc3c(c2)oc(=O)n3CCBr)CC1. The van der Waals surface area contributed by atoms with Crippen LogP contribution in [-0.2, 0) is 11.3 Å². The highest BCUT2D eigenvalue weighted by Crippen LogP contribution is 2.23. The monoisotopic (exact) mass is 425 g/mol. The van der Waals surface area contributed by atoms with Gasteiger partial charge in [-0.1, -0.05) is 15.9 Å². The van der Waals surface area contributed by atoms with Gasteiger partial charge in [-0.2, -0.15) is 0 Å². The number of alkyl halides is 1. The predicted octanol–water partition coefficient (Wildman–Crippen LogP) is 3.05. The molecule has 0 bridgehead atoms. The molecule has 1 aromatic carbocycles. The Bertz CT molecular complexity index is 844. The van der Waals surface area contributed by atoms with Crippen LogP contribution >= 0.6 is 15.9 Å². The van der Waals surface area contributed by atoms with Crippen molar-refractivity contribution in [2.75, 3.05) is 36.4 Å². The Balaban J connectivity index is 1.70. The highest BCUT2D eigenvalue weighted by atomic mass is 79.9.